The molecule has 0 fully saturated rings. The Hall–Kier alpha value is -2.73. The molecule has 0 saturated heterocycles. The van der Waals surface area contributed by atoms with Crippen LogP contribution in [-0.4, -0.2) is 18.4 Å². The minimum absolute atomic E-state index is 0.103. The van der Waals surface area contributed by atoms with Gasteiger partial charge in [-0.3, -0.25) is 9.59 Å². The lowest BCUT2D eigenvalue weighted by Crippen LogP contribution is -2.21. The molecule has 2 amide bonds. The lowest BCUT2D eigenvalue weighted by atomic mass is 10.2. The Bertz CT molecular complexity index is 684. The van der Waals surface area contributed by atoms with E-state index in [1.165, 1.54) is 19.1 Å². The van der Waals surface area contributed by atoms with E-state index in [0.717, 1.165) is 5.56 Å². The van der Waals surface area contributed by atoms with Gasteiger partial charge < -0.3 is 16.0 Å². The number of rotatable bonds is 7. The van der Waals surface area contributed by atoms with Crippen molar-refractivity contribution >= 4 is 23.2 Å². The predicted octanol–water partition coefficient (Wildman–Crippen LogP) is 2.90. The van der Waals surface area contributed by atoms with Crippen molar-refractivity contribution in [1.82, 2.24) is 5.32 Å². The number of hydrogen-bond donors (Lipinski definition) is 3. The first-order valence-corrected chi connectivity index (χ1v) is 7.65. The smallest absolute Gasteiger partial charge is 0.225 e. The molecule has 0 aliphatic heterocycles. The molecule has 0 atom stereocenters. The average Bonchev–Trinajstić information content (AvgIpc) is 2.55. The van der Waals surface area contributed by atoms with Crippen LogP contribution in [0.25, 0.3) is 0 Å². The first-order chi connectivity index (χ1) is 11.5. The summed E-state index contributed by atoms with van der Waals surface area (Å²) in [6, 6.07) is 13.2. The highest BCUT2D eigenvalue weighted by molar-refractivity contribution is 5.92. The van der Waals surface area contributed by atoms with Gasteiger partial charge in [-0.2, -0.15) is 0 Å². The summed E-state index contributed by atoms with van der Waals surface area (Å²) in [6.07, 6.45) is 0.328. The molecule has 5 nitrogen and oxygen atoms in total. The maximum absolute atomic E-state index is 12.8. The highest BCUT2D eigenvalue weighted by Crippen LogP contribution is 2.13. The fourth-order valence-electron chi connectivity index (χ4n) is 2.10. The summed E-state index contributed by atoms with van der Waals surface area (Å²) in [7, 11) is 0. The summed E-state index contributed by atoms with van der Waals surface area (Å²) in [5.74, 6) is -0.504. The number of nitrogens with one attached hydrogen (secondary N) is 3. The second-order valence-corrected chi connectivity index (χ2v) is 5.36. The largest absolute Gasteiger partial charge is 0.326 e. The van der Waals surface area contributed by atoms with Crippen molar-refractivity contribution in [3.05, 3.63) is 59.9 Å². The van der Waals surface area contributed by atoms with Gasteiger partial charge in [-0.15, -0.1) is 0 Å². The van der Waals surface area contributed by atoms with E-state index in [9.17, 15) is 14.0 Å². The van der Waals surface area contributed by atoms with Gasteiger partial charge in [0.15, 0.2) is 0 Å². The molecule has 0 unspecified atom stereocenters. The van der Waals surface area contributed by atoms with Gasteiger partial charge in [-0.25, -0.2) is 4.39 Å². The fourth-order valence-corrected chi connectivity index (χ4v) is 2.10. The molecule has 3 N–H and O–H groups in total. The first-order valence-electron chi connectivity index (χ1n) is 7.65. The summed E-state index contributed by atoms with van der Waals surface area (Å²) >= 11 is 0. The average molecular weight is 329 g/mol. The molecule has 0 aromatic heterocycles. The zero-order valence-corrected chi connectivity index (χ0v) is 13.4. The number of carbonyl (C=O) groups excluding carboxylic acids is 2. The monoisotopic (exact) mass is 329 g/mol. The van der Waals surface area contributed by atoms with Gasteiger partial charge in [0.2, 0.25) is 11.8 Å². The third kappa shape index (κ3) is 6.18. The third-order valence-corrected chi connectivity index (χ3v) is 3.26. The van der Waals surface area contributed by atoms with Crippen molar-refractivity contribution in [2.24, 2.45) is 0 Å². The van der Waals surface area contributed by atoms with Crippen LogP contribution in [0.15, 0.2) is 48.5 Å². The lowest BCUT2D eigenvalue weighted by Gasteiger charge is -2.08. The summed E-state index contributed by atoms with van der Waals surface area (Å²) < 4.78 is 12.8. The normalized spacial score (nSPS) is 10.2. The Kier molecular flexibility index (Phi) is 6.45. The zero-order chi connectivity index (χ0) is 17.4. The quantitative estimate of drug-likeness (QED) is 0.684. The molecule has 0 bridgehead atoms. The van der Waals surface area contributed by atoms with Crippen LogP contribution < -0.4 is 16.0 Å². The molecular weight excluding hydrogens is 309 g/mol. The molecule has 0 radical (unpaired) electrons. The van der Waals surface area contributed by atoms with E-state index in [4.69, 9.17) is 0 Å². The summed E-state index contributed by atoms with van der Waals surface area (Å²) in [5.41, 5.74) is 2.32. The molecule has 2 aromatic carbocycles. The van der Waals surface area contributed by atoms with Gasteiger partial charge in [0, 0.05) is 37.8 Å². The van der Waals surface area contributed by atoms with Crippen LogP contribution in [0.2, 0.25) is 0 Å². The summed E-state index contributed by atoms with van der Waals surface area (Å²) in [6.45, 7) is 2.54. The molecule has 6 heteroatoms. The summed E-state index contributed by atoms with van der Waals surface area (Å²) in [5, 5.41) is 8.59. The van der Waals surface area contributed by atoms with Crippen molar-refractivity contribution in [2.75, 3.05) is 17.2 Å². The molecule has 0 saturated carbocycles. The van der Waals surface area contributed by atoms with E-state index in [2.05, 4.69) is 16.0 Å². The Morgan fingerprint density at radius 2 is 1.50 bits per heavy atom. The predicted molar refractivity (Wildman–Crippen MR) is 92.1 cm³/mol. The van der Waals surface area contributed by atoms with Crippen molar-refractivity contribution in [3.63, 3.8) is 0 Å². The van der Waals surface area contributed by atoms with Gasteiger partial charge >= 0.3 is 0 Å². The van der Waals surface area contributed by atoms with Gasteiger partial charge in [-0.05, 0) is 42.0 Å². The van der Waals surface area contributed by atoms with Gasteiger partial charge in [0.1, 0.15) is 5.82 Å². The highest BCUT2D eigenvalue weighted by Gasteiger charge is 2.03. The molecule has 126 valence electrons. The van der Waals surface area contributed by atoms with Gasteiger partial charge in [-0.1, -0.05) is 12.1 Å². The van der Waals surface area contributed by atoms with E-state index >= 15 is 0 Å². The molecule has 0 spiro atoms. The zero-order valence-electron chi connectivity index (χ0n) is 13.4. The number of halogens is 1. The number of anilines is 2. The van der Waals surface area contributed by atoms with Crippen molar-refractivity contribution < 1.29 is 14.0 Å². The number of amides is 2. The van der Waals surface area contributed by atoms with Crippen LogP contribution in [-0.2, 0) is 16.1 Å². The van der Waals surface area contributed by atoms with Crippen LogP contribution in [0.1, 0.15) is 18.9 Å². The maximum Gasteiger partial charge on any atom is 0.225 e. The number of benzene rings is 2. The van der Waals surface area contributed by atoms with Crippen molar-refractivity contribution in [1.29, 1.82) is 0 Å². The molecule has 2 aromatic rings. The minimum Gasteiger partial charge on any atom is -0.326 e. The van der Waals surface area contributed by atoms with Crippen LogP contribution in [0.5, 0.6) is 0 Å². The number of carbonyl (C=O) groups is 2. The second kappa shape index (κ2) is 8.79. The van der Waals surface area contributed by atoms with E-state index in [1.807, 2.05) is 0 Å². The molecule has 2 rings (SSSR count). The minimum atomic E-state index is -0.261. The van der Waals surface area contributed by atoms with Gasteiger partial charge in [0.25, 0.3) is 0 Å². The molecule has 0 aliphatic carbocycles. The van der Waals surface area contributed by atoms with Crippen LogP contribution in [0.3, 0.4) is 0 Å². The van der Waals surface area contributed by atoms with Crippen LogP contribution in [0.4, 0.5) is 15.8 Å². The topological polar surface area (TPSA) is 70.2 Å². The Labute approximate surface area is 140 Å². The fraction of sp³-hybridized carbons (Fsp3) is 0.222. The molecule has 0 heterocycles. The Balaban J connectivity index is 1.69. The van der Waals surface area contributed by atoms with E-state index in [-0.39, 0.29) is 17.6 Å². The van der Waals surface area contributed by atoms with E-state index in [0.29, 0.717) is 30.9 Å². The molecule has 24 heavy (non-hydrogen) atoms. The van der Waals surface area contributed by atoms with Crippen LogP contribution >= 0.6 is 0 Å². The van der Waals surface area contributed by atoms with Crippen molar-refractivity contribution in [3.8, 4) is 0 Å². The van der Waals surface area contributed by atoms with E-state index in [1.54, 1.807) is 36.4 Å². The molecular formula is C18H20FN3O2. The SMILES string of the molecule is CC(=O)Nc1ccc(NC(=O)CCNCc2ccc(F)cc2)cc1. The number of hydrogen-bond acceptors (Lipinski definition) is 3. The Morgan fingerprint density at radius 1 is 0.917 bits per heavy atom. The highest BCUT2D eigenvalue weighted by atomic mass is 19.1. The second-order valence-electron chi connectivity index (χ2n) is 5.36. The van der Waals surface area contributed by atoms with Crippen LogP contribution in [0, 0.1) is 5.82 Å². The molecule has 0 aliphatic rings. The third-order valence-electron chi connectivity index (χ3n) is 3.26. The first kappa shape index (κ1) is 17.6. The van der Waals surface area contributed by atoms with Gasteiger partial charge in [0.05, 0.1) is 0 Å². The lowest BCUT2D eigenvalue weighted by molar-refractivity contribution is -0.116. The van der Waals surface area contributed by atoms with E-state index < -0.39 is 0 Å². The summed E-state index contributed by atoms with van der Waals surface area (Å²) in [4.78, 5) is 22.8. The standard InChI is InChI=1S/C18H20FN3O2/c1-13(23)21-16-6-8-17(9-7-16)22-18(24)10-11-20-12-14-2-4-15(19)5-3-14/h2-9,20H,10-12H2,1H3,(H,21,23)(H,22,24). The Morgan fingerprint density at radius 3 is 2.08 bits per heavy atom. The van der Waals surface area contributed by atoms with Crippen molar-refractivity contribution in [2.45, 2.75) is 19.9 Å². The maximum atomic E-state index is 12.8.